The molecule has 0 radical (unpaired) electrons. The van der Waals surface area contributed by atoms with Crippen molar-refractivity contribution in [3.8, 4) is 11.8 Å². The van der Waals surface area contributed by atoms with Crippen LogP contribution in [0.3, 0.4) is 0 Å². The minimum Gasteiger partial charge on any atom is -0.489 e. The summed E-state index contributed by atoms with van der Waals surface area (Å²) in [5, 5.41) is 8.71. The lowest BCUT2D eigenvalue weighted by Crippen LogP contribution is -2.01. The summed E-state index contributed by atoms with van der Waals surface area (Å²) in [5.41, 5.74) is 0.228. The Balaban J connectivity index is 2.19. The number of carbonyl (C=O) groups is 1. The smallest absolute Gasteiger partial charge is 0.150 e. The van der Waals surface area contributed by atoms with Gasteiger partial charge in [0.15, 0.2) is 0 Å². The van der Waals surface area contributed by atoms with E-state index in [9.17, 15) is 13.6 Å². The molecule has 0 aliphatic rings. The molecule has 2 aromatic rings. The van der Waals surface area contributed by atoms with Crippen LogP contribution in [-0.2, 0) is 6.61 Å². The monoisotopic (exact) mass is 273 g/mol. The highest BCUT2D eigenvalue weighted by atomic mass is 19.1. The van der Waals surface area contributed by atoms with E-state index < -0.39 is 11.6 Å². The minimum absolute atomic E-state index is 0.0843. The van der Waals surface area contributed by atoms with Crippen LogP contribution in [0.25, 0.3) is 0 Å². The molecular weight excluding hydrogens is 264 g/mol. The molecule has 0 heterocycles. The van der Waals surface area contributed by atoms with Crippen molar-refractivity contribution in [2.24, 2.45) is 0 Å². The average Bonchev–Trinajstić information content (AvgIpc) is 2.45. The predicted molar refractivity (Wildman–Crippen MR) is 67.2 cm³/mol. The molecule has 0 aliphatic carbocycles. The van der Waals surface area contributed by atoms with Crippen LogP contribution in [0.4, 0.5) is 8.78 Å². The summed E-state index contributed by atoms with van der Waals surface area (Å²) in [7, 11) is 0. The molecule has 3 nitrogen and oxygen atoms in total. The molecule has 0 spiro atoms. The van der Waals surface area contributed by atoms with Gasteiger partial charge in [-0.1, -0.05) is 12.1 Å². The Morgan fingerprint density at radius 3 is 2.75 bits per heavy atom. The largest absolute Gasteiger partial charge is 0.489 e. The van der Waals surface area contributed by atoms with E-state index in [1.165, 1.54) is 24.3 Å². The van der Waals surface area contributed by atoms with E-state index in [4.69, 9.17) is 10.00 Å². The molecule has 0 saturated carbocycles. The topological polar surface area (TPSA) is 50.1 Å². The molecule has 0 aliphatic heterocycles. The lowest BCUT2D eigenvalue weighted by molar-refractivity contribution is 0.112. The van der Waals surface area contributed by atoms with Crippen molar-refractivity contribution in [3.63, 3.8) is 0 Å². The maximum atomic E-state index is 13.8. The summed E-state index contributed by atoms with van der Waals surface area (Å²) in [6.07, 6.45) is 0.493. The molecule has 0 fully saturated rings. The van der Waals surface area contributed by atoms with Crippen LogP contribution < -0.4 is 4.74 Å². The third-order valence-electron chi connectivity index (χ3n) is 2.62. The molecule has 20 heavy (non-hydrogen) atoms. The van der Waals surface area contributed by atoms with Crippen LogP contribution in [0.15, 0.2) is 36.4 Å². The molecule has 0 unspecified atom stereocenters. The molecule has 0 aromatic heterocycles. The summed E-state index contributed by atoms with van der Waals surface area (Å²) >= 11 is 0. The molecule has 5 heteroatoms. The number of nitriles is 1. The third-order valence-corrected chi connectivity index (χ3v) is 2.62. The van der Waals surface area contributed by atoms with Crippen LogP contribution >= 0.6 is 0 Å². The van der Waals surface area contributed by atoms with Crippen molar-refractivity contribution < 1.29 is 18.3 Å². The van der Waals surface area contributed by atoms with Gasteiger partial charge in [-0.3, -0.25) is 4.79 Å². The number of benzene rings is 2. The number of hydrogen-bond donors (Lipinski definition) is 0. The molecule has 2 aromatic carbocycles. The quantitative estimate of drug-likeness (QED) is 0.803. The number of hydrogen-bond acceptors (Lipinski definition) is 3. The van der Waals surface area contributed by atoms with E-state index in [2.05, 4.69) is 0 Å². The SMILES string of the molecule is N#Cc1cccc(COc2cc(F)cc(C=O)c2)c1F. The van der Waals surface area contributed by atoms with Crippen molar-refractivity contribution in [1.82, 2.24) is 0 Å². The molecule has 100 valence electrons. The van der Waals surface area contributed by atoms with Gasteiger partial charge in [0, 0.05) is 17.2 Å². The highest BCUT2D eigenvalue weighted by molar-refractivity contribution is 5.75. The zero-order valence-corrected chi connectivity index (χ0v) is 10.3. The van der Waals surface area contributed by atoms with E-state index in [1.807, 2.05) is 0 Å². The van der Waals surface area contributed by atoms with Crippen molar-refractivity contribution >= 4 is 6.29 Å². The maximum Gasteiger partial charge on any atom is 0.150 e. The Hall–Kier alpha value is -2.74. The fourth-order valence-electron chi connectivity index (χ4n) is 1.67. The van der Waals surface area contributed by atoms with Gasteiger partial charge >= 0.3 is 0 Å². The zero-order chi connectivity index (χ0) is 14.5. The summed E-state index contributed by atoms with van der Waals surface area (Å²) in [4.78, 5) is 10.6. The van der Waals surface area contributed by atoms with Gasteiger partial charge in [-0.15, -0.1) is 0 Å². The average molecular weight is 273 g/mol. The molecular formula is C15H9F2NO2. The Morgan fingerprint density at radius 1 is 1.25 bits per heavy atom. The van der Waals surface area contributed by atoms with Gasteiger partial charge in [0.25, 0.3) is 0 Å². The normalized spacial score (nSPS) is 9.85. The van der Waals surface area contributed by atoms with Gasteiger partial charge in [-0.25, -0.2) is 8.78 Å². The third kappa shape index (κ3) is 2.98. The summed E-state index contributed by atoms with van der Waals surface area (Å²) in [5.74, 6) is -1.16. The molecule has 0 bridgehead atoms. The number of nitrogens with zero attached hydrogens (tertiary/aromatic N) is 1. The number of rotatable bonds is 4. The van der Waals surface area contributed by atoms with E-state index in [0.717, 1.165) is 12.1 Å². The van der Waals surface area contributed by atoms with Gasteiger partial charge in [-0.2, -0.15) is 5.26 Å². The van der Waals surface area contributed by atoms with Gasteiger partial charge < -0.3 is 4.74 Å². The van der Waals surface area contributed by atoms with Gasteiger partial charge in [0.2, 0.25) is 0 Å². The second-order valence-corrected chi connectivity index (χ2v) is 4.02. The van der Waals surface area contributed by atoms with Gasteiger partial charge in [-0.05, 0) is 18.2 Å². The zero-order valence-electron chi connectivity index (χ0n) is 10.3. The molecule has 0 amide bonds. The Morgan fingerprint density at radius 2 is 2.05 bits per heavy atom. The fraction of sp³-hybridized carbons (Fsp3) is 0.0667. The first-order chi connectivity index (χ1) is 9.63. The lowest BCUT2D eigenvalue weighted by Gasteiger charge is -2.08. The molecule has 2 rings (SSSR count). The Kier molecular flexibility index (Phi) is 4.06. The van der Waals surface area contributed by atoms with Crippen molar-refractivity contribution in [1.29, 1.82) is 5.26 Å². The Labute approximate surface area is 114 Å². The standard InChI is InChI=1S/C15H9F2NO2/c16-13-4-10(8-19)5-14(6-13)20-9-12-3-1-2-11(7-18)15(12)17/h1-6,8H,9H2. The highest BCUT2D eigenvalue weighted by Crippen LogP contribution is 2.19. The lowest BCUT2D eigenvalue weighted by atomic mass is 10.1. The number of aldehydes is 1. The first-order valence-electron chi connectivity index (χ1n) is 5.70. The van der Waals surface area contributed by atoms with E-state index in [1.54, 1.807) is 6.07 Å². The first-order valence-corrected chi connectivity index (χ1v) is 5.70. The fourth-order valence-corrected chi connectivity index (χ4v) is 1.67. The van der Waals surface area contributed by atoms with Crippen LogP contribution in [-0.4, -0.2) is 6.29 Å². The van der Waals surface area contributed by atoms with E-state index in [-0.39, 0.29) is 29.0 Å². The number of carbonyl (C=O) groups excluding carboxylic acids is 1. The van der Waals surface area contributed by atoms with E-state index >= 15 is 0 Å². The minimum atomic E-state index is -0.665. The van der Waals surface area contributed by atoms with Crippen molar-refractivity contribution in [2.75, 3.05) is 0 Å². The second-order valence-electron chi connectivity index (χ2n) is 4.02. The Bertz CT molecular complexity index is 693. The number of halogens is 2. The summed E-state index contributed by atoms with van der Waals surface area (Å²) in [6.45, 7) is -0.164. The predicted octanol–water partition coefficient (Wildman–Crippen LogP) is 3.23. The van der Waals surface area contributed by atoms with Gasteiger partial charge in [0.05, 0.1) is 5.56 Å². The van der Waals surface area contributed by atoms with Crippen LogP contribution in [0, 0.1) is 23.0 Å². The molecule has 0 N–H and O–H groups in total. The summed E-state index contributed by atoms with van der Waals surface area (Å²) in [6, 6.07) is 9.59. The first kappa shape index (κ1) is 13.7. The second kappa shape index (κ2) is 5.93. The van der Waals surface area contributed by atoms with Gasteiger partial charge in [0.1, 0.15) is 36.3 Å². The highest BCUT2D eigenvalue weighted by Gasteiger charge is 2.09. The van der Waals surface area contributed by atoms with Crippen LogP contribution in [0.2, 0.25) is 0 Å². The van der Waals surface area contributed by atoms with Crippen LogP contribution in [0.5, 0.6) is 5.75 Å². The molecule has 0 saturated heterocycles. The van der Waals surface area contributed by atoms with E-state index in [0.29, 0.717) is 6.29 Å². The number of ether oxygens (including phenoxy) is 1. The van der Waals surface area contributed by atoms with Crippen LogP contribution in [0.1, 0.15) is 21.5 Å². The van der Waals surface area contributed by atoms with Crippen molar-refractivity contribution in [2.45, 2.75) is 6.61 Å². The maximum absolute atomic E-state index is 13.8. The summed E-state index contributed by atoms with van der Waals surface area (Å²) < 4.78 is 32.2. The molecule has 0 atom stereocenters. The van der Waals surface area contributed by atoms with Crippen molar-refractivity contribution in [3.05, 3.63) is 64.7 Å².